The van der Waals surface area contributed by atoms with Crippen LogP contribution in [0.4, 0.5) is 5.13 Å². The molecule has 0 saturated heterocycles. The highest BCUT2D eigenvalue weighted by Crippen LogP contribution is 2.32. The number of hydrogen-bond donors (Lipinski definition) is 1. The summed E-state index contributed by atoms with van der Waals surface area (Å²) in [6, 6.07) is 18.4. The number of thiazole rings is 1. The number of benzene rings is 3. The molecule has 0 unspecified atom stereocenters. The van der Waals surface area contributed by atoms with Crippen LogP contribution in [0, 0.1) is 0 Å². The molecule has 28 heavy (non-hydrogen) atoms. The Morgan fingerprint density at radius 3 is 2.36 bits per heavy atom. The molecule has 1 N–H and O–H groups in total. The van der Waals surface area contributed by atoms with Crippen LogP contribution < -0.4 is 5.32 Å². The number of carbonyl (C=O) groups excluding carboxylic acids is 3. The molecule has 0 fully saturated rings. The quantitative estimate of drug-likeness (QED) is 0.544. The van der Waals surface area contributed by atoms with Crippen molar-refractivity contribution in [2.45, 2.75) is 0 Å². The van der Waals surface area contributed by atoms with E-state index in [9.17, 15) is 14.4 Å². The summed E-state index contributed by atoms with van der Waals surface area (Å²) in [6.45, 7) is -0.344. The van der Waals surface area contributed by atoms with Gasteiger partial charge in [0.2, 0.25) is 5.91 Å². The smallest absolute Gasteiger partial charge is 0.262 e. The molecule has 0 bridgehead atoms. The lowest BCUT2D eigenvalue weighted by Gasteiger charge is -2.12. The number of hydrogen-bond acceptors (Lipinski definition) is 5. The van der Waals surface area contributed by atoms with Crippen LogP contribution in [0.5, 0.6) is 0 Å². The number of nitrogens with one attached hydrogen (secondary N) is 1. The fourth-order valence-corrected chi connectivity index (χ4v) is 4.41. The SMILES string of the molecule is O=C(CN1C(=O)c2ccccc2C1=O)Nc1nc2ccc3ccccc3c2s1. The maximum atomic E-state index is 12.5. The predicted octanol–water partition coefficient (Wildman–Crippen LogP) is 3.68. The fraction of sp³-hybridized carbons (Fsp3) is 0.0476. The Hall–Kier alpha value is -3.58. The van der Waals surface area contributed by atoms with E-state index in [4.69, 9.17) is 0 Å². The Morgan fingerprint density at radius 1 is 0.929 bits per heavy atom. The Bertz CT molecular complexity index is 1260. The van der Waals surface area contributed by atoms with Crippen molar-refractivity contribution >= 4 is 55.2 Å². The van der Waals surface area contributed by atoms with Gasteiger partial charge in [-0.05, 0) is 23.6 Å². The normalized spacial score (nSPS) is 13.4. The highest BCUT2D eigenvalue weighted by atomic mass is 32.1. The molecule has 3 amide bonds. The molecule has 7 heteroatoms. The van der Waals surface area contributed by atoms with Gasteiger partial charge in [0.15, 0.2) is 5.13 Å². The minimum absolute atomic E-state index is 0.326. The van der Waals surface area contributed by atoms with E-state index >= 15 is 0 Å². The molecule has 0 atom stereocenters. The van der Waals surface area contributed by atoms with Crippen LogP contribution in [0.25, 0.3) is 21.0 Å². The second-order valence-corrected chi connectivity index (χ2v) is 7.44. The summed E-state index contributed by atoms with van der Waals surface area (Å²) in [7, 11) is 0. The number of rotatable bonds is 3. The number of anilines is 1. The van der Waals surface area contributed by atoms with Crippen LogP contribution in [-0.2, 0) is 4.79 Å². The van der Waals surface area contributed by atoms with E-state index in [0.29, 0.717) is 16.3 Å². The zero-order valence-corrected chi connectivity index (χ0v) is 15.3. The third-order valence-corrected chi connectivity index (χ3v) is 5.73. The van der Waals surface area contributed by atoms with Crippen molar-refractivity contribution in [2.75, 3.05) is 11.9 Å². The van der Waals surface area contributed by atoms with Gasteiger partial charge in [0.05, 0.1) is 21.3 Å². The van der Waals surface area contributed by atoms with Crippen molar-refractivity contribution in [2.24, 2.45) is 0 Å². The molecule has 6 nitrogen and oxygen atoms in total. The van der Waals surface area contributed by atoms with Crippen LogP contribution in [0.15, 0.2) is 60.7 Å². The summed E-state index contributed by atoms with van der Waals surface area (Å²) in [5.41, 5.74) is 1.44. The molecule has 4 aromatic rings. The summed E-state index contributed by atoms with van der Waals surface area (Å²) in [5.74, 6) is -1.37. The monoisotopic (exact) mass is 387 g/mol. The molecule has 0 radical (unpaired) electrons. The van der Waals surface area contributed by atoms with Crippen molar-refractivity contribution < 1.29 is 14.4 Å². The number of carbonyl (C=O) groups is 3. The minimum Gasteiger partial charge on any atom is -0.300 e. The second-order valence-electron chi connectivity index (χ2n) is 6.44. The van der Waals surface area contributed by atoms with Gasteiger partial charge < -0.3 is 5.32 Å². The molecular weight excluding hydrogens is 374 g/mol. The van der Waals surface area contributed by atoms with Gasteiger partial charge in [-0.1, -0.05) is 53.8 Å². The average molecular weight is 387 g/mol. The van der Waals surface area contributed by atoms with E-state index < -0.39 is 17.7 Å². The zero-order valence-electron chi connectivity index (χ0n) is 14.5. The molecular formula is C21H13N3O3S. The van der Waals surface area contributed by atoms with Crippen LogP contribution in [0.2, 0.25) is 0 Å². The molecule has 1 aliphatic heterocycles. The van der Waals surface area contributed by atoms with Crippen LogP contribution in [-0.4, -0.2) is 34.2 Å². The Labute approximate surface area is 163 Å². The first-order valence-electron chi connectivity index (χ1n) is 8.65. The number of imide groups is 1. The molecule has 0 aliphatic carbocycles. The van der Waals surface area contributed by atoms with E-state index in [0.717, 1.165) is 25.9 Å². The zero-order chi connectivity index (χ0) is 19.3. The largest absolute Gasteiger partial charge is 0.300 e. The summed E-state index contributed by atoms with van der Waals surface area (Å²) in [5, 5.41) is 5.32. The summed E-state index contributed by atoms with van der Waals surface area (Å²) >= 11 is 1.37. The predicted molar refractivity (Wildman–Crippen MR) is 108 cm³/mol. The maximum absolute atomic E-state index is 12.5. The van der Waals surface area contributed by atoms with Crippen molar-refractivity contribution in [1.29, 1.82) is 0 Å². The molecule has 1 aliphatic rings. The number of aromatic nitrogens is 1. The standard InChI is InChI=1S/C21H13N3O3S/c25-17(11-24-19(26)14-7-3-4-8-15(14)20(24)27)23-21-22-16-10-9-12-5-1-2-6-13(12)18(16)28-21/h1-10H,11H2,(H,22,23,25). The molecule has 3 aromatic carbocycles. The summed E-state index contributed by atoms with van der Waals surface area (Å²) < 4.78 is 0.981. The van der Waals surface area contributed by atoms with Gasteiger partial charge in [-0.2, -0.15) is 0 Å². The third-order valence-electron chi connectivity index (χ3n) is 4.71. The molecule has 2 heterocycles. The first-order valence-corrected chi connectivity index (χ1v) is 9.47. The Morgan fingerprint density at radius 2 is 1.61 bits per heavy atom. The number of amides is 3. The van der Waals surface area contributed by atoms with Crippen LogP contribution >= 0.6 is 11.3 Å². The highest BCUT2D eigenvalue weighted by molar-refractivity contribution is 7.23. The van der Waals surface area contributed by atoms with E-state index in [2.05, 4.69) is 10.3 Å². The summed E-state index contributed by atoms with van der Waals surface area (Å²) in [4.78, 5) is 42.7. The second kappa shape index (κ2) is 6.24. The van der Waals surface area contributed by atoms with Crippen molar-refractivity contribution in [3.63, 3.8) is 0 Å². The highest BCUT2D eigenvalue weighted by Gasteiger charge is 2.36. The molecule has 5 rings (SSSR count). The van der Waals surface area contributed by atoms with Crippen molar-refractivity contribution in [1.82, 2.24) is 9.88 Å². The average Bonchev–Trinajstić information content (AvgIpc) is 3.23. The minimum atomic E-state index is -0.460. The summed E-state index contributed by atoms with van der Waals surface area (Å²) in [6.07, 6.45) is 0. The lowest BCUT2D eigenvalue weighted by Crippen LogP contribution is -2.37. The van der Waals surface area contributed by atoms with E-state index in [1.807, 2.05) is 36.4 Å². The van der Waals surface area contributed by atoms with Crippen LogP contribution in [0.3, 0.4) is 0 Å². The lowest BCUT2D eigenvalue weighted by atomic mass is 10.1. The van der Waals surface area contributed by atoms with E-state index in [1.54, 1.807) is 24.3 Å². The first-order chi connectivity index (χ1) is 13.6. The van der Waals surface area contributed by atoms with E-state index in [1.165, 1.54) is 11.3 Å². The molecule has 0 saturated carbocycles. The van der Waals surface area contributed by atoms with Gasteiger partial charge in [0, 0.05) is 5.39 Å². The molecule has 1 aromatic heterocycles. The number of nitrogens with zero attached hydrogens (tertiary/aromatic N) is 2. The first kappa shape index (κ1) is 16.6. The third kappa shape index (κ3) is 2.56. The Kier molecular flexibility index (Phi) is 3.70. The molecule has 0 spiro atoms. The topological polar surface area (TPSA) is 79.4 Å². The lowest BCUT2D eigenvalue weighted by molar-refractivity contribution is -0.116. The fourth-order valence-electron chi connectivity index (χ4n) is 3.39. The Balaban J connectivity index is 1.38. The van der Waals surface area contributed by atoms with Gasteiger partial charge in [0.1, 0.15) is 6.54 Å². The van der Waals surface area contributed by atoms with E-state index in [-0.39, 0.29) is 6.54 Å². The van der Waals surface area contributed by atoms with Gasteiger partial charge in [0.25, 0.3) is 11.8 Å². The van der Waals surface area contributed by atoms with Crippen LogP contribution in [0.1, 0.15) is 20.7 Å². The number of fused-ring (bicyclic) bond motifs is 4. The van der Waals surface area contributed by atoms with Gasteiger partial charge in [-0.25, -0.2) is 4.98 Å². The van der Waals surface area contributed by atoms with Gasteiger partial charge in [-0.3, -0.25) is 19.3 Å². The molecule has 136 valence electrons. The van der Waals surface area contributed by atoms with Crippen molar-refractivity contribution in [3.05, 3.63) is 71.8 Å². The van der Waals surface area contributed by atoms with Gasteiger partial charge >= 0.3 is 0 Å². The maximum Gasteiger partial charge on any atom is 0.262 e. The van der Waals surface area contributed by atoms with Gasteiger partial charge in [-0.15, -0.1) is 0 Å². The van der Waals surface area contributed by atoms with Crippen molar-refractivity contribution in [3.8, 4) is 0 Å².